The van der Waals surface area contributed by atoms with Gasteiger partial charge in [-0.05, 0) is 30.9 Å². The van der Waals surface area contributed by atoms with Crippen molar-refractivity contribution in [1.82, 2.24) is 10.3 Å². The Bertz CT molecular complexity index is 740. The molecule has 2 aliphatic rings. The molecule has 0 radical (unpaired) electrons. The van der Waals surface area contributed by atoms with Crippen LogP contribution in [0.1, 0.15) is 52.9 Å². The molecule has 0 saturated heterocycles. The minimum absolute atomic E-state index is 0.119. The number of fused-ring (bicyclic) bond motifs is 1. The standard InChI is InChI=1S/C18H26N6O/c1-10-12-9-22-18(25)15(12)16(11(7-19)8-21-2)24-17(10)23-14-6-4-3-5-13(14)20/h7-8,13-14H,3-6,9,19-20H2,1-2H3,(H,22,25)(H,23,24)/t13-,14?/m0/s1. The van der Waals surface area contributed by atoms with Gasteiger partial charge in [0, 0.05) is 43.7 Å². The third-order valence-corrected chi connectivity index (χ3v) is 5.09. The lowest BCUT2D eigenvalue weighted by atomic mass is 9.90. The van der Waals surface area contributed by atoms with Gasteiger partial charge in [0.1, 0.15) is 5.82 Å². The van der Waals surface area contributed by atoms with Crippen molar-refractivity contribution < 1.29 is 4.79 Å². The van der Waals surface area contributed by atoms with Crippen LogP contribution in [0.4, 0.5) is 5.82 Å². The molecule has 0 aromatic carbocycles. The number of aliphatic imine (C=N–C) groups is 1. The Morgan fingerprint density at radius 1 is 1.40 bits per heavy atom. The molecular formula is C18H26N6O. The van der Waals surface area contributed by atoms with Gasteiger partial charge in [0.2, 0.25) is 0 Å². The number of pyridine rings is 1. The summed E-state index contributed by atoms with van der Waals surface area (Å²) in [4.78, 5) is 21.1. The van der Waals surface area contributed by atoms with Crippen LogP contribution < -0.4 is 22.1 Å². The van der Waals surface area contributed by atoms with Crippen molar-refractivity contribution in [2.24, 2.45) is 16.5 Å². The zero-order chi connectivity index (χ0) is 18.0. The molecule has 2 atom stereocenters. The van der Waals surface area contributed by atoms with Crippen LogP contribution in [-0.2, 0) is 6.54 Å². The normalized spacial score (nSPS) is 23.6. The summed E-state index contributed by atoms with van der Waals surface area (Å²) in [7, 11) is 1.66. The number of rotatable bonds is 4. The first-order valence-electron chi connectivity index (χ1n) is 8.75. The van der Waals surface area contributed by atoms with Crippen LogP contribution in [0.5, 0.6) is 0 Å². The molecule has 25 heavy (non-hydrogen) atoms. The second-order valence-electron chi connectivity index (χ2n) is 6.68. The second kappa shape index (κ2) is 7.23. The summed E-state index contributed by atoms with van der Waals surface area (Å²) >= 11 is 0. The summed E-state index contributed by atoms with van der Waals surface area (Å²) in [5.41, 5.74) is 15.8. The third kappa shape index (κ3) is 3.24. The summed E-state index contributed by atoms with van der Waals surface area (Å²) in [5.74, 6) is 0.654. The van der Waals surface area contributed by atoms with Crippen molar-refractivity contribution in [3.05, 3.63) is 28.6 Å². The van der Waals surface area contributed by atoms with E-state index >= 15 is 0 Å². The van der Waals surface area contributed by atoms with E-state index in [9.17, 15) is 4.79 Å². The topological polar surface area (TPSA) is 118 Å². The van der Waals surface area contributed by atoms with E-state index < -0.39 is 0 Å². The van der Waals surface area contributed by atoms with Crippen molar-refractivity contribution >= 4 is 23.5 Å². The molecule has 3 rings (SSSR count). The maximum atomic E-state index is 12.3. The van der Waals surface area contributed by atoms with Crippen LogP contribution in [0, 0.1) is 6.92 Å². The molecule has 7 heteroatoms. The van der Waals surface area contributed by atoms with Gasteiger partial charge < -0.3 is 22.1 Å². The van der Waals surface area contributed by atoms with Crippen LogP contribution >= 0.6 is 0 Å². The highest BCUT2D eigenvalue weighted by Crippen LogP contribution is 2.31. The lowest BCUT2D eigenvalue weighted by Crippen LogP contribution is -2.43. The smallest absolute Gasteiger partial charge is 0.254 e. The number of nitrogens with two attached hydrogens (primary N) is 2. The highest BCUT2D eigenvalue weighted by atomic mass is 16.1. The maximum absolute atomic E-state index is 12.3. The van der Waals surface area contributed by atoms with Gasteiger partial charge in [0.25, 0.3) is 5.91 Å². The number of aromatic nitrogens is 1. The number of carbonyl (C=O) groups excluding carboxylic acids is 1. The van der Waals surface area contributed by atoms with Gasteiger partial charge >= 0.3 is 0 Å². The molecular weight excluding hydrogens is 316 g/mol. The number of allylic oxidation sites excluding steroid dienone is 1. The molecule has 1 aromatic heterocycles. The number of anilines is 1. The number of nitrogens with zero attached hydrogens (tertiary/aromatic N) is 2. The van der Waals surface area contributed by atoms with Crippen LogP contribution in [0.3, 0.4) is 0 Å². The molecule has 0 bridgehead atoms. The largest absolute Gasteiger partial charge is 0.404 e. The van der Waals surface area contributed by atoms with Gasteiger partial charge in [-0.15, -0.1) is 0 Å². The van der Waals surface area contributed by atoms with Gasteiger partial charge in [0.05, 0.1) is 11.3 Å². The lowest BCUT2D eigenvalue weighted by molar-refractivity contribution is 0.0965. The summed E-state index contributed by atoms with van der Waals surface area (Å²) in [6.45, 7) is 2.49. The van der Waals surface area contributed by atoms with Gasteiger partial charge in [-0.2, -0.15) is 0 Å². The Labute approximate surface area is 148 Å². The van der Waals surface area contributed by atoms with Gasteiger partial charge in [-0.3, -0.25) is 9.79 Å². The molecule has 1 unspecified atom stereocenters. The van der Waals surface area contributed by atoms with E-state index in [0.29, 0.717) is 23.4 Å². The van der Waals surface area contributed by atoms with Crippen LogP contribution in [-0.4, -0.2) is 36.2 Å². The predicted molar refractivity (Wildman–Crippen MR) is 101 cm³/mol. The number of nitrogens with one attached hydrogen (secondary N) is 2. The van der Waals surface area contributed by atoms with Crippen LogP contribution in [0.15, 0.2) is 11.2 Å². The minimum Gasteiger partial charge on any atom is -0.404 e. The van der Waals surface area contributed by atoms with Crippen LogP contribution in [0.25, 0.3) is 5.57 Å². The van der Waals surface area contributed by atoms with Crippen molar-refractivity contribution in [2.45, 2.75) is 51.2 Å². The van der Waals surface area contributed by atoms with E-state index in [4.69, 9.17) is 16.5 Å². The van der Waals surface area contributed by atoms with Crippen molar-refractivity contribution in [3.63, 3.8) is 0 Å². The molecule has 1 saturated carbocycles. The number of carbonyl (C=O) groups is 1. The maximum Gasteiger partial charge on any atom is 0.254 e. The Morgan fingerprint density at radius 2 is 2.16 bits per heavy atom. The summed E-state index contributed by atoms with van der Waals surface area (Å²) in [6, 6.07) is 0.314. The quantitative estimate of drug-likeness (QED) is 0.615. The highest BCUT2D eigenvalue weighted by molar-refractivity contribution is 6.14. The first kappa shape index (κ1) is 17.4. The molecule has 1 amide bonds. The Morgan fingerprint density at radius 3 is 2.84 bits per heavy atom. The number of hydrogen-bond acceptors (Lipinski definition) is 6. The van der Waals surface area contributed by atoms with Gasteiger partial charge in [-0.25, -0.2) is 4.98 Å². The summed E-state index contributed by atoms with van der Waals surface area (Å²) < 4.78 is 0. The average molecular weight is 342 g/mol. The molecule has 0 spiro atoms. The van der Waals surface area contributed by atoms with E-state index in [2.05, 4.69) is 15.6 Å². The van der Waals surface area contributed by atoms with E-state index in [0.717, 1.165) is 29.8 Å². The minimum atomic E-state index is -0.120. The molecule has 1 fully saturated rings. The third-order valence-electron chi connectivity index (χ3n) is 5.09. The zero-order valence-electron chi connectivity index (χ0n) is 14.8. The van der Waals surface area contributed by atoms with Crippen molar-refractivity contribution in [2.75, 3.05) is 12.4 Å². The lowest BCUT2D eigenvalue weighted by Gasteiger charge is -2.30. The molecule has 7 nitrogen and oxygen atoms in total. The van der Waals surface area contributed by atoms with Gasteiger partial charge in [-0.1, -0.05) is 12.8 Å². The fraction of sp³-hybridized carbons (Fsp3) is 0.500. The second-order valence-corrected chi connectivity index (χ2v) is 6.68. The molecule has 1 aliphatic carbocycles. The number of amides is 1. The Kier molecular flexibility index (Phi) is 5.03. The van der Waals surface area contributed by atoms with E-state index in [1.54, 1.807) is 13.3 Å². The SMILES string of the molecule is CN=CC(=CN)c1nc(NC2CCCC[C@@H]2N)c(C)c2c1C(=O)NC2. The Balaban J connectivity index is 2.06. The van der Waals surface area contributed by atoms with E-state index in [1.807, 2.05) is 6.92 Å². The molecule has 6 N–H and O–H groups in total. The fourth-order valence-corrected chi connectivity index (χ4v) is 3.63. The highest BCUT2D eigenvalue weighted by Gasteiger charge is 2.30. The Hall–Kier alpha value is -2.41. The molecule has 134 valence electrons. The van der Waals surface area contributed by atoms with E-state index in [-0.39, 0.29) is 18.0 Å². The summed E-state index contributed by atoms with van der Waals surface area (Å²) in [6.07, 6.45) is 7.45. The molecule has 2 heterocycles. The van der Waals surface area contributed by atoms with Crippen LogP contribution in [0.2, 0.25) is 0 Å². The number of hydrogen-bond donors (Lipinski definition) is 4. The first-order valence-corrected chi connectivity index (χ1v) is 8.75. The predicted octanol–water partition coefficient (Wildman–Crippen LogP) is 1.32. The monoisotopic (exact) mass is 342 g/mol. The fourth-order valence-electron chi connectivity index (χ4n) is 3.63. The van der Waals surface area contributed by atoms with E-state index in [1.165, 1.54) is 19.0 Å². The molecule has 1 aromatic rings. The molecule has 1 aliphatic heterocycles. The van der Waals surface area contributed by atoms with Crippen molar-refractivity contribution in [1.29, 1.82) is 0 Å². The zero-order valence-corrected chi connectivity index (χ0v) is 14.8. The van der Waals surface area contributed by atoms with Gasteiger partial charge in [0.15, 0.2) is 0 Å². The average Bonchev–Trinajstić information content (AvgIpc) is 3.00. The summed E-state index contributed by atoms with van der Waals surface area (Å²) in [5, 5.41) is 6.40. The van der Waals surface area contributed by atoms with Crippen molar-refractivity contribution in [3.8, 4) is 0 Å². The first-order chi connectivity index (χ1) is 12.1.